The van der Waals surface area contributed by atoms with E-state index in [9.17, 15) is 19.5 Å². The fourth-order valence-electron chi connectivity index (χ4n) is 3.93. The van der Waals surface area contributed by atoms with Gasteiger partial charge in [-0.3, -0.25) is 4.79 Å². The molecule has 3 rings (SSSR count). The summed E-state index contributed by atoms with van der Waals surface area (Å²) in [6, 6.07) is 6.01. The molecule has 1 aliphatic carbocycles. The molecule has 164 valence electrons. The number of anilines is 1. The summed E-state index contributed by atoms with van der Waals surface area (Å²) in [7, 11) is 0. The lowest BCUT2D eigenvalue weighted by Crippen LogP contribution is -2.41. The number of allylic oxidation sites excluding steroid dienone is 2. The maximum atomic E-state index is 13.0. The molecule has 0 fully saturated rings. The number of aliphatic carboxylic acids is 1. The highest BCUT2D eigenvalue weighted by Crippen LogP contribution is 2.42. The van der Waals surface area contributed by atoms with Gasteiger partial charge in [0.25, 0.3) is 0 Å². The molecule has 0 unspecified atom stereocenters. The van der Waals surface area contributed by atoms with Gasteiger partial charge in [0.2, 0.25) is 5.91 Å². The smallest absolute Gasteiger partial charge is 0.341 e. The number of carboxylic acid groups (broad SMARTS) is 1. The van der Waals surface area contributed by atoms with E-state index in [-0.39, 0.29) is 13.0 Å². The summed E-state index contributed by atoms with van der Waals surface area (Å²) in [5.41, 5.74) is 4.01. The normalized spacial score (nSPS) is 17.9. The highest BCUT2D eigenvalue weighted by atomic mass is 32.1. The number of rotatable bonds is 6. The van der Waals surface area contributed by atoms with Crippen molar-refractivity contribution in [2.45, 2.75) is 40.5 Å². The van der Waals surface area contributed by atoms with E-state index >= 15 is 0 Å². The van der Waals surface area contributed by atoms with E-state index in [2.05, 4.69) is 5.32 Å². The number of thiophene rings is 1. The van der Waals surface area contributed by atoms with Crippen molar-refractivity contribution in [2.24, 2.45) is 11.8 Å². The number of esters is 1. The first-order valence-electron chi connectivity index (χ1n) is 10.3. The van der Waals surface area contributed by atoms with Crippen LogP contribution in [0.25, 0.3) is 11.1 Å². The van der Waals surface area contributed by atoms with Crippen LogP contribution in [0.3, 0.4) is 0 Å². The van der Waals surface area contributed by atoms with Crippen LogP contribution in [0.2, 0.25) is 0 Å². The minimum atomic E-state index is -1.24. The van der Waals surface area contributed by atoms with Gasteiger partial charge in [-0.1, -0.05) is 35.9 Å². The SMILES string of the molecule is CCOC(=O)c1c(NC(=O)[C@@H]2CC=CC[C@@H]2C(=O)[O-])sc(C)c1-c1cc(C)ccc1C. The zero-order valence-corrected chi connectivity index (χ0v) is 18.9. The molecule has 6 nitrogen and oxygen atoms in total. The lowest BCUT2D eigenvalue weighted by Gasteiger charge is -2.28. The Morgan fingerprint density at radius 3 is 2.45 bits per heavy atom. The predicted octanol–water partition coefficient (Wildman–Crippen LogP) is 3.79. The van der Waals surface area contributed by atoms with Gasteiger partial charge >= 0.3 is 5.97 Å². The second kappa shape index (κ2) is 9.47. The molecule has 1 N–H and O–H groups in total. The largest absolute Gasteiger partial charge is 0.550 e. The quantitative estimate of drug-likeness (QED) is 0.545. The number of carbonyl (C=O) groups is 3. The van der Waals surface area contributed by atoms with Crippen LogP contribution >= 0.6 is 11.3 Å². The van der Waals surface area contributed by atoms with E-state index < -0.39 is 29.7 Å². The average Bonchev–Trinajstić information content (AvgIpc) is 3.05. The number of hydrogen-bond donors (Lipinski definition) is 1. The van der Waals surface area contributed by atoms with Crippen LogP contribution in [0.15, 0.2) is 30.4 Å². The Morgan fingerprint density at radius 1 is 1.13 bits per heavy atom. The summed E-state index contributed by atoms with van der Waals surface area (Å²) in [5.74, 6) is -3.84. The van der Waals surface area contributed by atoms with E-state index in [0.717, 1.165) is 27.1 Å². The maximum Gasteiger partial charge on any atom is 0.341 e. The first-order valence-corrected chi connectivity index (χ1v) is 11.1. The van der Waals surface area contributed by atoms with Crippen LogP contribution in [0.5, 0.6) is 0 Å². The third-order valence-corrected chi connectivity index (χ3v) is 6.56. The molecule has 0 aliphatic heterocycles. The lowest BCUT2D eigenvalue weighted by atomic mass is 9.82. The minimum absolute atomic E-state index is 0.202. The van der Waals surface area contributed by atoms with Crippen molar-refractivity contribution >= 4 is 34.2 Å². The molecule has 0 saturated heterocycles. The van der Waals surface area contributed by atoms with Crippen molar-refractivity contribution in [3.63, 3.8) is 0 Å². The van der Waals surface area contributed by atoms with Crippen molar-refractivity contribution in [1.82, 2.24) is 0 Å². The standard InChI is InChI=1S/C24H27NO5S/c1-5-30-24(29)20-19(18-12-13(2)10-11-14(18)3)15(4)31-22(20)25-21(26)16-8-6-7-9-17(16)23(27)28/h6-7,10-12,16-17H,5,8-9H2,1-4H3,(H,25,26)(H,27,28)/p-1/t16-,17+/m1/s1. The molecular weight excluding hydrogens is 414 g/mol. The highest BCUT2D eigenvalue weighted by Gasteiger charge is 2.32. The van der Waals surface area contributed by atoms with Crippen LogP contribution in [0.4, 0.5) is 5.00 Å². The molecule has 0 saturated carbocycles. The van der Waals surface area contributed by atoms with Crippen molar-refractivity contribution in [3.05, 3.63) is 51.9 Å². The zero-order valence-electron chi connectivity index (χ0n) is 18.1. The first kappa shape index (κ1) is 22.7. The third-order valence-electron chi connectivity index (χ3n) is 5.53. The second-order valence-electron chi connectivity index (χ2n) is 7.74. The number of carboxylic acids is 1. The summed E-state index contributed by atoms with van der Waals surface area (Å²) in [4.78, 5) is 38.3. The minimum Gasteiger partial charge on any atom is -0.550 e. The van der Waals surface area contributed by atoms with Gasteiger partial charge in [0.15, 0.2) is 0 Å². The molecule has 0 bridgehead atoms. The van der Waals surface area contributed by atoms with Gasteiger partial charge < -0.3 is 20.0 Å². The zero-order chi connectivity index (χ0) is 22.7. The fourth-order valence-corrected chi connectivity index (χ4v) is 4.99. The van der Waals surface area contributed by atoms with Crippen LogP contribution < -0.4 is 10.4 Å². The molecule has 1 heterocycles. The molecule has 1 aliphatic rings. The van der Waals surface area contributed by atoms with Crippen molar-refractivity contribution < 1.29 is 24.2 Å². The Bertz CT molecular complexity index is 1050. The number of ether oxygens (including phenoxy) is 1. The van der Waals surface area contributed by atoms with Crippen LogP contribution in [0, 0.1) is 32.6 Å². The molecule has 0 radical (unpaired) electrons. The third kappa shape index (κ3) is 4.71. The molecule has 0 spiro atoms. The van der Waals surface area contributed by atoms with E-state index in [4.69, 9.17) is 4.74 Å². The van der Waals surface area contributed by atoms with Gasteiger partial charge in [-0.15, -0.1) is 11.3 Å². The Hall–Kier alpha value is -2.93. The lowest BCUT2D eigenvalue weighted by molar-refractivity contribution is -0.313. The van der Waals surface area contributed by atoms with Crippen LogP contribution in [0.1, 0.15) is 46.1 Å². The van der Waals surface area contributed by atoms with Gasteiger partial charge in [0, 0.05) is 22.3 Å². The van der Waals surface area contributed by atoms with E-state index in [1.165, 1.54) is 11.3 Å². The van der Waals surface area contributed by atoms with E-state index in [1.807, 2.05) is 39.0 Å². The van der Waals surface area contributed by atoms with Crippen LogP contribution in [-0.2, 0) is 14.3 Å². The molecule has 7 heteroatoms. The molecule has 31 heavy (non-hydrogen) atoms. The first-order chi connectivity index (χ1) is 14.7. The maximum absolute atomic E-state index is 13.0. The Labute approximate surface area is 185 Å². The summed E-state index contributed by atoms with van der Waals surface area (Å²) >= 11 is 1.29. The Kier molecular flexibility index (Phi) is 6.95. The predicted molar refractivity (Wildman–Crippen MR) is 119 cm³/mol. The Morgan fingerprint density at radius 2 is 1.81 bits per heavy atom. The summed E-state index contributed by atoms with van der Waals surface area (Å²) in [6.45, 7) is 7.78. The van der Waals surface area contributed by atoms with E-state index in [1.54, 1.807) is 19.1 Å². The molecule has 2 aromatic rings. The number of nitrogens with one attached hydrogen (secondary N) is 1. The molecule has 1 aromatic heterocycles. The van der Waals surface area contributed by atoms with Crippen LogP contribution in [-0.4, -0.2) is 24.5 Å². The molecular formula is C24H26NO5S-. The summed E-state index contributed by atoms with van der Waals surface area (Å²) < 4.78 is 5.30. The van der Waals surface area contributed by atoms with Crippen molar-refractivity contribution in [3.8, 4) is 11.1 Å². The number of aryl methyl sites for hydroxylation is 3. The molecule has 2 atom stereocenters. The highest BCUT2D eigenvalue weighted by molar-refractivity contribution is 7.17. The van der Waals surface area contributed by atoms with Crippen molar-refractivity contribution in [2.75, 3.05) is 11.9 Å². The molecule has 1 amide bonds. The van der Waals surface area contributed by atoms with Gasteiger partial charge in [0.1, 0.15) is 10.6 Å². The number of carbonyl (C=O) groups excluding carboxylic acids is 3. The Balaban J connectivity index is 2.05. The van der Waals surface area contributed by atoms with Gasteiger partial charge in [-0.05, 0) is 51.7 Å². The van der Waals surface area contributed by atoms with Gasteiger partial charge in [0.05, 0.1) is 12.5 Å². The fraction of sp³-hybridized carbons (Fsp3) is 0.375. The number of benzene rings is 1. The van der Waals surface area contributed by atoms with Gasteiger partial charge in [-0.2, -0.15) is 0 Å². The second-order valence-corrected chi connectivity index (χ2v) is 8.97. The van der Waals surface area contributed by atoms with Gasteiger partial charge in [-0.25, -0.2) is 4.79 Å². The van der Waals surface area contributed by atoms with E-state index in [0.29, 0.717) is 17.0 Å². The number of amides is 1. The monoisotopic (exact) mass is 440 g/mol. The van der Waals surface area contributed by atoms with Crippen molar-refractivity contribution in [1.29, 1.82) is 0 Å². The summed E-state index contributed by atoms with van der Waals surface area (Å²) in [5, 5.41) is 14.7. The topological polar surface area (TPSA) is 95.5 Å². The molecule has 1 aromatic carbocycles. The number of hydrogen-bond acceptors (Lipinski definition) is 6. The average molecular weight is 441 g/mol. The summed E-state index contributed by atoms with van der Waals surface area (Å²) in [6.07, 6.45) is 4.12.